The highest BCUT2D eigenvalue weighted by atomic mass is 31.2. The number of aromatic amines is 1. The summed E-state index contributed by atoms with van der Waals surface area (Å²) >= 11 is 0. The number of ether oxygens (including phenoxy) is 2. The summed E-state index contributed by atoms with van der Waals surface area (Å²) in [6, 6.07) is 0. The Morgan fingerprint density at radius 3 is 2.30 bits per heavy atom. The van der Waals surface area contributed by atoms with Gasteiger partial charge in [0.1, 0.15) is 23.9 Å². The van der Waals surface area contributed by atoms with Crippen LogP contribution in [0.4, 0.5) is 10.7 Å². The van der Waals surface area contributed by atoms with Crippen molar-refractivity contribution in [1.29, 1.82) is 0 Å². The van der Waals surface area contributed by atoms with E-state index in [0.717, 1.165) is 4.90 Å². The van der Waals surface area contributed by atoms with Gasteiger partial charge in [-0.1, -0.05) is 4.98 Å². The zero-order valence-electron chi connectivity index (χ0n) is 24.8. The van der Waals surface area contributed by atoms with Crippen LogP contribution >= 0.6 is 15.6 Å². The lowest BCUT2D eigenvalue weighted by Crippen LogP contribution is -2.46. The standard InChI is InChI=1S/C22H38N6O14P2/c1-6-37-43(33,34)38-9-7-27(21(32)42-22(2,3)4)8-10-39-44(35,36)40-11-13-15(29)16(30)19(41-13)28-12-26(5)14-17(28)24-20(23)25-18(14)31/h12-13,15-16,19,29-30H,6-11H2,1-5H3,(H4-,23,24,25,31,33,34,35,36)/p+1/t13-,15-,16-,19-/m1/s1. The van der Waals surface area contributed by atoms with Gasteiger partial charge >= 0.3 is 27.4 Å². The molecular formula is C22H39N6O14P2+. The Morgan fingerprint density at radius 1 is 1.14 bits per heavy atom. The molecule has 3 rings (SSSR count). The predicted molar refractivity (Wildman–Crippen MR) is 149 cm³/mol. The van der Waals surface area contributed by atoms with Crippen molar-refractivity contribution < 1.29 is 66.1 Å². The van der Waals surface area contributed by atoms with E-state index in [-0.39, 0.29) is 36.8 Å². The Hall–Kier alpha value is -2.48. The largest absolute Gasteiger partial charge is 0.472 e. The number of carbonyl (C=O) groups is 1. The Morgan fingerprint density at radius 2 is 1.73 bits per heavy atom. The highest BCUT2D eigenvalue weighted by Gasteiger charge is 2.48. The van der Waals surface area contributed by atoms with Gasteiger partial charge in [0.05, 0.1) is 33.5 Å². The summed E-state index contributed by atoms with van der Waals surface area (Å²) in [5.74, 6) is -0.189. The number of aromatic nitrogens is 4. The third kappa shape index (κ3) is 9.51. The smallest absolute Gasteiger partial charge is 0.444 e. The van der Waals surface area contributed by atoms with Crippen molar-refractivity contribution >= 4 is 38.9 Å². The molecule has 1 fully saturated rings. The molecule has 1 aliphatic heterocycles. The van der Waals surface area contributed by atoms with Crippen LogP contribution in [0.2, 0.25) is 0 Å². The summed E-state index contributed by atoms with van der Waals surface area (Å²) in [7, 11) is -7.58. The van der Waals surface area contributed by atoms with Crippen molar-refractivity contribution in [2.75, 3.05) is 45.3 Å². The first-order valence-electron chi connectivity index (χ1n) is 13.3. The topological polar surface area (TPSA) is 271 Å². The van der Waals surface area contributed by atoms with E-state index in [1.807, 2.05) is 0 Å². The molecule has 20 nitrogen and oxygen atoms in total. The maximum Gasteiger partial charge on any atom is 0.472 e. The molecule has 2 unspecified atom stereocenters. The number of H-pyrrole nitrogens is 1. The highest BCUT2D eigenvalue weighted by Crippen LogP contribution is 2.44. The summed E-state index contributed by atoms with van der Waals surface area (Å²) in [6.07, 6.45) is -5.17. The average Bonchev–Trinajstić information content (AvgIpc) is 3.36. The number of nitrogens with one attached hydrogen (secondary N) is 1. The fourth-order valence-electron chi connectivity index (χ4n) is 4.11. The zero-order chi connectivity index (χ0) is 33.0. The molecule has 0 saturated carbocycles. The van der Waals surface area contributed by atoms with E-state index < -0.39 is 77.3 Å². The second kappa shape index (κ2) is 14.3. The molecule has 22 heteroatoms. The van der Waals surface area contributed by atoms with Crippen LogP contribution in [-0.2, 0) is 43.7 Å². The lowest BCUT2D eigenvalue weighted by Gasteiger charge is -2.27. The minimum Gasteiger partial charge on any atom is -0.444 e. The van der Waals surface area contributed by atoms with E-state index in [1.54, 1.807) is 27.8 Å². The van der Waals surface area contributed by atoms with Crippen LogP contribution in [0.5, 0.6) is 0 Å². The predicted octanol–water partition coefficient (Wildman–Crippen LogP) is -0.725. The van der Waals surface area contributed by atoms with Gasteiger partial charge in [-0.05, 0) is 27.7 Å². The number of aliphatic hydroxyl groups excluding tert-OH is 2. The molecule has 6 atom stereocenters. The molecule has 7 N–H and O–H groups in total. The van der Waals surface area contributed by atoms with Crippen molar-refractivity contribution in [3.05, 3.63) is 16.7 Å². The van der Waals surface area contributed by atoms with Gasteiger partial charge in [-0.15, -0.1) is 0 Å². The number of fused-ring (bicyclic) bond motifs is 1. The van der Waals surface area contributed by atoms with Crippen molar-refractivity contribution in [2.45, 2.75) is 57.8 Å². The van der Waals surface area contributed by atoms with Crippen molar-refractivity contribution in [3.63, 3.8) is 0 Å². The molecule has 0 aromatic carbocycles. The number of hydrogen-bond acceptors (Lipinski definition) is 14. The Kier molecular flexibility index (Phi) is 11.7. The Bertz CT molecular complexity index is 1460. The lowest BCUT2D eigenvalue weighted by atomic mass is 10.1. The van der Waals surface area contributed by atoms with Gasteiger partial charge in [0.2, 0.25) is 11.7 Å². The molecule has 0 aliphatic carbocycles. The van der Waals surface area contributed by atoms with Crippen LogP contribution in [-0.4, -0.2) is 109 Å². The minimum atomic E-state index is -4.79. The highest BCUT2D eigenvalue weighted by molar-refractivity contribution is 7.47. The number of amides is 1. The number of rotatable bonds is 14. The molecule has 2 aromatic heterocycles. The summed E-state index contributed by atoms with van der Waals surface area (Å²) in [5.41, 5.74) is 4.38. The van der Waals surface area contributed by atoms with E-state index in [4.69, 9.17) is 28.8 Å². The number of hydrogen-bond donors (Lipinski definition) is 6. The third-order valence-corrected chi connectivity index (χ3v) is 8.06. The van der Waals surface area contributed by atoms with Gasteiger partial charge in [0, 0.05) is 13.1 Å². The molecule has 1 aliphatic rings. The molecule has 0 bridgehead atoms. The number of aryl methyl sites for hydroxylation is 1. The fourth-order valence-corrected chi connectivity index (χ4v) is 5.55. The maximum absolute atomic E-state index is 12.6. The second-order valence-electron chi connectivity index (χ2n) is 10.6. The minimum absolute atomic E-state index is 0.0577. The zero-order valence-corrected chi connectivity index (χ0v) is 26.6. The summed E-state index contributed by atoms with van der Waals surface area (Å²) in [4.78, 5) is 52.1. The SMILES string of the molecule is CCOP(=O)(O)OCCN(CCOP(=O)(O)OC[C@H]1O[C@@H]([n+]2cn(C)c3c(=O)[nH]c(N)nc32)[C@H](O)[C@@H]1O)C(=O)OC(C)(C)C. The molecule has 250 valence electrons. The van der Waals surface area contributed by atoms with Gasteiger partial charge in [-0.2, -0.15) is 0 Å². The lowest BCUT2D eigenvalue weighted by molar-refractivity contribution is -0.745. The van der Waals surface area contributed by atoms with E-state index >= 15 is 0 Å². The first-order chi connectivity index (χ1) is 20.3. The van der Waals surface area contributed by atoms with Crippen LogP contribution in [0, 0.1) is 0 Å². The molecular weight excluding hydrogens is 634 g/mol. The molecule has 44 heavy (non-hydrogen) atoms. The number of nitrogen functional groups attached to an aromatic ring is 1. The van der Waals surface area contributed by atoms with Crippen LogP contribution < -0.4 is 15.9 Å². The molecule has 0 radical (unpaired) electrons. The maximum atomic E-state index is 12.6. The number of phosphoric ester groups is 2. The molecule has 2 aromatic rings. The Balaban J connectivity index is 1.59. The van der Waals surface area contributed by atoms with E-state index in [2.05, 4.69) is 14.5 Å². The van der Waals surface area contributed by atoms with Crippen LogP contribution in [0.3, 0.4) is 0 Å². The molecule has 1 saturated heterocycles. The van der Waals surface area contributed by atoms with Gasteiger partial charge in [0.25, 0.3) is 11.5 Å². The number of aliphatic hydroxyl groups is 2. The number of imidazole rings is 1. The monoisotopic (exact) mass is 673 g/mol. The van der Waals surface area contributed by atoms with Crippen LogP contribution in [0.15, 0.2) is 11.1 Å². The van der Waals surface area contributed by atoms with E-state index in [0.29, 0.717) is 0 Å². The van der Waals surface area contributed by atoms with Crippen LogP contribution in [0.25, 0.3) is 11.2 Å². The van der Waals surface area contributed by atoms with Gasteiger partial charge in [-0.25, -0.2) is 18.5 Å². The fraction of sp³-hybridized carbons (Fsp3) is 0.727. The van der Waals surface area contributed by atoms with Crippen molar-refractivity contribution in [3.8, 4) is 0 Å². The summed E-state index contributed by atoms with van der Waals surface area (Å²) in [6.45, 7) is 4.04. The van der Waals surface area contributed by atoms with Crippen LogP contribution in [0.1, 0.15) is 33.9 Å². The van der Waals surface area contributed by atoms with Gasteiger partial charge in [-0.3, -0.25) is 32.4 Å². The van der Waals surface area contributed by atoms with Gasteiger partial charge in [0.15, 0.2) is 6.33 Å². The normalized spacial score (nSPS) is 23.4. The first kappa shape index (κ1) is 36.0. The van der Waals surface area contributed by atoms with Gasteiger partial charge < -0.3 is 40.1 Å². The average molecular weight is 674 g/mol. The number of nitrogens with two attached hydrogens (primary N) is 1. The Labute approximate surface area is 251 Å². The van der Waals surface area contributed by atoms with E-state index in [9.17, 15) is 38.7 Å². The molecule has 1 amide bonds. The number of nitrogens with zero attached hydrogens (tertiary/aromatic N) is 4. The molecule has 3 heterocycles. The summed E-state index contributed by atoms with van der Waals surface area (Å²) in [5, 5.41) is 21.2. The number of phosphoric acid groups is 2. The third-order valence-electron chi connectivity index (χ3n) is 5.98. The number of carbonyl (C=O) groups excluding carboxylic acids is 1. The first-order valence-corrected chi connectivity index (χ1v) is 16.3. The molecule has 0 spiro atoms. The number of anilines is 1. The van der Waals surface area contributed by atoms with Crippen molar-refractivity contribution in [2.24, 2.45) is 7.05 Å². The van der Waals surface area contributed by atoms with E-state index in [1.165, 1.54) is 22.4 Å². The quantitative estimate of drug-likeness (QED) is 0.107. The second-order valence-corrected chi connectivity index (χ2v) is 13.5. The summed E-state index contributed by atoms with van der Waals surface area (Å²) < 4.78 is 57.3. The van der Waals surface area contributed by atoms with Crippen molar-refractivity contribution in [1.82, 2.24) is 19.4 Å².